The van der Waals surface area contributed by atoms with Gasteiger partial charge in [0.1, 0.15) is 14.2 Å². The van der Waals surface area contributed by atoms with Gasteiger partial charge >= 0.3 is 0 Å². The molecule has 0 N–H and O–H groups in total. The Balaban J connectivity index is 2.67. The molecular weight excluding hydrogens is 581 g/mol. The molecule has 1 heterocycles. The van der Waals surface area contributed by atoms with Crippen molar-refractivity contribution in [1.82, 2.24) is 0 Å². The molecule has 4 nitrogen and oxygen atoms in total. The van der Waals surface area contributed by atoms with Crippen LogP contribution in [0.4, 0.5) is 0 Å². The van der Waals surface area contributed by atoms with Gasteiger partial charge in [-0.05, 0) is 50.8 Å². The van der Waals surface area contributed by atoms with E-state index in [1.54, 1.807) is 0 Å². The molecule has 0 saturated carbocycles. The molecule has 0 amide bonds. The molecule has 0 bridgehead atoms. The van der Waals surface area contributed by atoms with Crippen LogP contribution >= 0.6 is 0 Å². The molecule has 1 aromatic carbocycles. The van der Waals surface area contributed by atoms with Crippen LogP contribution in [0.3, 0.4) is 0 Å². The smallest absolute Gasteiger partial charge is 0.201 e. The Kier molecular flexibility index (Phi) is 14.1. The van der Waals surface area contributed by atoms with Crippen LogP contribution in [0.15, 0.2) is 42.2 Å². The quantitative estimate of drug-likeness (QED) is 0.149. The van der Waals surface area contributed by atoms with E-state index in [1.165, 1.54) is 0 Å². The van der Waals surface area contributed by atoms with Crippen molar-refractivity contribution in [1.29, 1.82) is 0 Å². The molecular formula is C36H64O4Si3. The summed E-state index contributed by atoms with van der Waals surface area (Å²) in [6, 6.07) is 10.4. The first-order chi connectivity index (χ1) is 19.9. The van der Waals surface area contributed by atoms with Gasteiger partial charge in [-0.2, -0.15) is 0 Å². The summed E-state index contributed by atoms with van der Waals surface area (Å²) in [5, 5.41) is 0. The van der Waals surface area contributed by atoms with E-state index in [0.29, 0.717) is 52.2 Å². The monoisotopic (exact) mass is 644 g/mol. The summed E-state index contributed by atoms with van der Waals surface area (Å²) in [5.74, 6) is 4.15. The highest BCUT2D eigenvalue weighted by molar-refractivity contribution is 6.84. The molecule has 7 heteroatoms. The van der Waals surface area contributed by atoms with Crippen LogP contribution in [0.25, 0.3) is 0 Å². The molecule has 3 atom stereocenters. The molecule has 0 aliphatic carbocycles. The second-order valence-corrected chi connectivity index (χ2v) is 31.1. The normalized spacial score (nSPS) is 20.2. The minimum absolute atomic E-state index is 0.260. The number of hydrogen-bond donors (Lipinski definition) is 0. The van der Waals surface area contributed by atoms with E-state index in [2.05, 4.69) is 145 Å². The molecule has 1 aliphatic rings. The van der Waals surface area contributed by atoms with E-state index in [4.69, 9.17) is 18.3 Å². The van der Waals surface area contributed by atoms with E-state index < -0.39 is 24.7 Å². The zero-order chi connectivity index (χ0) is 32.8. The van der Waals surface area contributed by atoms with Gasteiger partial charge in [-0.15, -0.1) is 5.54 Å². The lowest BCUT2D eigenvalue weighted by Crippen LogP contribution is -2.57. The minimum atomic E-state index is -2.25. The first-order valence-electron chi connectivity index (χ1n) is 16.8. The third-order valence-electron chi connectivity index (χ3n) is 9.38. The molecule has 244 valence electrons. The van der Waals surface area contributed by atoms with Gasteiger partial charge in [0.15, 0.2) is 11.9 Å². The highest BCUT2D eigenvalue weighted by Crippen LogP contribution is 2.46. The molecule has 43 heavy (non-hydrogen) atoms. The molecule has 0 unspecified atom stereocenters. The van der Waals surface area contributed by atoms with Gasteiger partial charge in [0.2, 0.25) is 16.6 Å². The molecule has 0 saturated heterocycles. The SMILES string of the molecule is CC(C)[Si](OC[C@H]1OC(C#C[Si](C)(C)C)=C[C@@H](O[Si](C(C)C)(C(C)C)C(C)C)[C@@H]1OCc1ccccc1)(C(C)C)C(C)C. The Labute approximate surface area is 269 Å². The van der Waals surface area contributed by atoms with Crippen LogP contribution in [0.1, 0.15) is 88.6 Å². The van der Waals surface area contributed by atoms with Gasteiger partial charge in [-0.25, -0.2) is 0 Å². The van der Waals surface area contributed by atoms with Gasteiger partial charge in [0.05, 0.1) is 19.3 Å². The van der Waals surface area contributed by atoms with Crippen LogP contribution in [0.2, 0.25) is 52.9 Å². The van der Waals surface area contributed by atoms with E-state index >= 15 is 0 Å². The zero-order valence-electron chi connectivity index (χ0n) is 30.2. The number of hydrogen-bond acceptors (Lipinski definition) is 4. The molecule has 1 aromatic rings. The summed E-state index contributed by atoms with van der Waals surface area (Å²) in [6.45, 7) is 35.9. The lowest BCUT2D eigenvalue weighted by molar-refractivity contribution is -0.121. The van der Waals surface area contributed by atoms with Crippen LogP contribution in [0, 0.1) is 11.5 Å². The van der Waals surface area contributed by atoms with Gasteiger partial charge in [0.25, 0.3) is 0 Å². The van der Waals surface area contributed by atoms with Crippen LogP contribution in [-0.4, -0.2) is 49.6 Å². The highest BCUT2D eigenvalue weighted by atomic mass is 28.4. The lowest BCUT2D eigenvalue weighted by atomic mass is 10.0. The average Bonchev–Trinajstić information content (AvgIpc) is 2.89. The molecule has 2 rings (SSSR count). The van der Waals surface area contributed by atoms with Gasteiger partial charge in [0, 0.05) is 0 Å². The Morgan fingerprint density at radius 1 is 0.721 bits per heavy atom. The summed E-state index contributed by atoms with van der Waals surface area (Å²) < 4.78 is 28.3. The highest BCUT2D eigenvalue weighted by Gasteiger charge is 2.51. The van der Waals surface area contributed by atoms with E-state index in [1.807, 2.05) is 6.07 Å². The minimum Gasteiger partial charge on any atom is -0.477 e. The molecule has 0 spiro atoms. The van der Waals surface area contributed by atoms with Crippen LogP contribution < -0.4 is 0 Å². The Morgan fingerprint density at radius 3 is 1.65 bits per heavy atom. The largest absolute Gasteiger partial charge is 0.477 e. The Morgan fingerprint density at radius 2 is 1.21 bits per heavy atom. The fourth-order valence-corrected chi connectivity index (χ4v) is 19.1. The standard InChI is InChI=1S/C36H64O4Si3/c1-26(2)42(27(3)4,28(5)6)38-25-35-36(37-24-32-19-17-16-18-20-32)34(23-33(39-35)21-22-41(13,14)15)40-43(29(7)8,30(9)10)31(11)12/h16-20,23,26-31,34-36H,24-25H2,1-15H3/t34-,35-,36+/m1/s1. The number of ether oxygens (including phenoxy) is 2. The first-order valence-corrected chi connectivity index (χ1v) is 24.5. The maximum Gasteiger partial charge on any atom is 0.201 e. The third kappa shape index (κ3) is 9.43. The van der Waals surface area contributed by atoms with Gasteiger partial charge in [-0.1, -0.05) is 133 Å². The topological polar surface area (TPSA) is 36.9 Å². The number of allylic oxidation sites excluding steroid dienone is 1. The van der Waals surface area contributed by atoms with Gasteiger partial charge < -0.3 is 18.3 Å². The van der Waals surface area contributed by atoms with Gasteiger partial charge in [-0.3, -0.25) is 0 Å². The van der Waals surface area contributed by atoms with Crippen molar-refractivity contribution in [3.05, 3.63) is 47.7 Å². The second-order valence-electron chi connectivity index (χ2n) is 15.5. The van der Waals surface area contributed by atoms with Crippen molar-refractivity contribution in [2.24, 2.45) is 0 Å². The van der Waals surface area contributed by atoms with Crippen LogP contribution in [-0.2, 0) is 24.9 Å². The lowest BCUT2D eigenvalue weighted by Gasteiger charge is -2.48. The average molecular weight is 645 g/mol. The fraction of sp³-hybridized carbons (Fsp3) is 0.722. The predicted molar refractivity (Wildman–Crippen MR) is 192 cm³/mol. The summed E-state index contributed by atoms with van der Waals surface area (Å²) >= 11 is 0. The van der Waals surface area contributed by atoms with Crippen molar-refractivity contribution in [2.45, 2.75) is 161 Å². The Hall–Kier alpha value is -1.15. The van der Waals surface area contributed by atoms with Crippen molar-refractivity contribution in [3.63, 3.8) is 0 Å². The van der Waals surface area contributed by atoms with Crippen molar-refractivity contribution < 1.29 is 18.3 Å². The molecule has 0 fully saturated rings. The first kappa shape index (κ1) is 38.0. The van der Waals surface area contributed by atoms with Crippen LogP contribution in [0.5, 0.6) is 0 Å². The summed E-state index contributed by atoms with van der Waals surface area (Å²) in [7, 11) is -6.01. The predicted octanol–water partition coefficient (Wildman–Crippen LogP) is 10.5. The van der Waals surface area contributed by atoms with Crippen molar-refractivity contribution >= 4 is 24.7 Å². The summed E-state index contributed by atoms with van der Waals surface area (Å²) in [5.41, 5.74) is 7.49. The zero-order valence-corrected chi connectivity index (χ0v) is 33.2. The second kappa shape index (κ2) is 15.9. The van der Waals surface area contributed by atoms with E-state index in [0.717, 1.165) is 5.56 Å². The Bertz CT molecular complexity index is 1030. The molecule has 0 radical (unpaired) electrons. The molecule has 0 aromatic heterocycles. The number of rotatable bonds is 14. The third-order valence-corrected chi connectivity index (χ3v) is 22.4. The van der Waals surface area contributed by atoms with E-state index in [9.17, 15) is 0 Å². The summed E-state index contributed by atoms with van der Waals surface area (Å²) in [6.07, 6.45) is 1.25. The van der Waals surface area contributed by atoms with Crippen molar-refractivity contribution in [2.75, 3.05) is 6.61 Å². The summed E-state index contributed by atoms with van der Waals surface area (Å²) in [4.78, 5) is 0. The van der Waals surface area contributed by atoms with Crippen molar-refractivity contribution in [3.8, 4) is 11.5 Å². The molecule has 1 aliphatic heterocycles. The number of benzene rings is 1. The fourth-order valence-electron chi connectivity index (χ4n) is 7.61. The van der Waals surface area contributed by atoms with E-state index in [-0.39, 0.29) is 18.3 Å². The maximum absolute atomic E-state index is 7.49. The maximum atomic E-state index is 7.49.